The number of nitrogen functional groups attached to an aromatic ring is 1. The zero-order valence-electron chi connectivity index (χ0n) is 11.2. The van der Waals surface area contributed by atoms with Gasteiger partial charge in [0, 0.05) is 16.3 Å². The molecule has 0 amide bonds. The number of esters is 1. The van der Waals surface area contributed by atoms with Crippen molar-refractivity contribution in [3.05, 3.63) is 23.8 Å². The normalized spacial score (nSPS) is 12.2. The van der Waals surface area contributed by atoms with E-state index in [0.29, 0.717) is 23.8 Å². The maximum Gasteiger partial charge on any atom is 0.340 e. The summed E-state index contributed by atoms with van der Waals surface area (Å²) < 4.78 is 4.98. The van der Waals surface area contributed by atoms with E-state index < -0.39 is 0 Å². The second-order valence-corrected chi connectivity index (χ2v) is 5.39. The van der Waals surface area contributed by atoms with Crippen LogP contribution in [0.4, 0.5) is 5.69 Å². The lowest BCUT2D eigenvalue weighted by atomic mass is 10.2. The Morgan fingerprint density at radius 2 is 2.17 bits per heavy atom. The van der Waals surface area contributed by atoms with Gasteiger partial charge in [-0.25, -0.2) is 4.79 Å². The fourth-order valence-electron chi connectivity index (χ4n) is 1.37. The van der Waals surface area contributed by atoms with Crippen LogP contribution in [0, 0.1) is 5.92 Å². The van der Waals surface area contributed by atoms with Gasteiger partial charge in [-0.1, -0.05) is 20.3 Å². The van der Waals surface area contributed by atoms with E-state index in [1.807, 2.05) is 12.1 Å². The van der Waals surface area contributed by atoms with Crippen molar-refractivity contribution in [2.45, 2.75) is 32.1 Å². The van der Waals surface area contributed by atoms with E-state index in [1.165, 1.54) is 0 Å². The van der Waals surface area contributed by atoms with Gasteiger partial charge in [-0.3, -0.25) is 0 Å². The van der Waals surface area contributed by atoms with Gasteiger partial charge in [-0.05, 0) is 31.0 Å². The molecule has 0 saturated carbocycles. The third-order valence-electron chi connectivity index (χ3n) is 2.75. The monoisotopic (exact) mass is 267 g/mol. The molecule has 0 aliphatic rings. The summed E-state index contributed by atoms with van der Waals surface area (Å²) in [5.41, 5.74) is 6.73. The summed E-state index contributed by atoms with van der Waals surface area (Å²) in [6.07, 6.45) is 1.16. The molecule has 0 aromatic heterocycles. The quantitative estimate of drug-likeness (QED) is 0.486. The summed E-state index contributed by atoms with van der Waals surface area (Å²) in [5.74, 6) is 1.36. The maximum absolute atomic E-state index is 11.7. The molecule has 0 radical (unpaired) electrons. The molecule has 0 spiro atoms. The molecule has 3 nitrogen and oxygen atoms in total. The first kappa shape index (κ1) is 14.9. The van der Waals surface area contributed by atoms with Crippen molar-refractivity contribution in [3.8, 4) is 0 Å². The van der Waals surface area contributed by atoms with E-state index in [2.05, 4.69) is 13.8 Å². The molecule has 0 bridgehead atoms. The van der Waals surface area contributed by atoms with Crippen LogP contribution in [-0.4, -0.2) is 18.3 Å². The molecule has 1 unspecified atom stereocenters. The van der Waals surface area contributed by atoms with Crippen molar-refractivity contribution in [3.63, 3.8) is 0 Å². The molecule has 18 heavy (non-hydrogen) atoms. The van der Waals surface area contributed by atoms with Crippen LogP contribution in [-0.2, 0) is 4.74 Å². The lowest BCUT2D eigenvalue weighted by Gasteiger charge is -2.10. The minimum Gasteiger partial charge on any atom is -0.462 e. The minimum atomic E-state index is -0.346. The van der Waals surface area contributed by atoms with Crippen molar-refractivity contribution in [1.29, 1.82) is 0 Å². The zero-order valence-corrected chi connectivity index (χ0v) is 12.0. The average molecular weight is 267 g/mol. The van der Waals surface area contributed by atoms with Crippen LogP contribution >= 0.6 is 11.8 Å². The summed E-state index contributed by atoms with van der Waals surface area (Å²) in [5, 5.41) is 0. The van der Waals surface area contributed by atoms with Gasteiger partial charge >= 0.3 is 5.97 Å². The van der Waals surface area contributed by atoms with Gasteiger partial charge in [0.2, 0.25) is 0 Å². The highest BCUT2D eigenvalue weighted by molar-refractivity contribution is 7.99. The molecule has 2 N–H and O–H groups in total. The number of nitrogens with two attached hydrogens (primary N) is 1. The minimum absolute atomic E-state index is 0.346. The Morgan fingerprint density at radius 1 is 1.44 bits per heavy atom. The number of hydrogen-bond acceptors (Lipinski definition) is 4. The Labute approximate surface area is 113 Å². The molecule has 1 aromatic carbocycles. The first-order valence-corrected chi connectivity index (χ1v) is 7.26. The molecule has 0 fully saturated rings. The Morgan fingerprint density at radius 3 is 2.78 bits per heavy atom. The highest BCUT2D eigenvalue weighted by atomic mass is 32.2. The van der Waals surface area contributed by atoms with Gasteiger partial charge in [0.25, 0.3) is 0 Å². The van der Waals surface area contributed by atoms with Crippen molar-refractivity contribution >= 4 is 23.4 Å². The molecule has 4 heteroatoms. The van der Waals surface area contributed by atoms with Crippen molar-refractivity contribution < 1.29 is 9.53 Å². The van der Waals surface area contributed by atoms with Gasteiger partial charge in [0.15, 0.2) is 0 Å². The zero-order chi connectivity index (χ0) is 13.5. The lowest BCUT2D eigenvalue weighted by molar-refractivity contribution is 0.0527. The van der Waals surface area contributed by atoms with Gasteiger partial charge in [0.05, 0.1) is 12.2 Å². The smallest absolute Gasteiger partial charge is 0.340 e. The van der Waals surface area contributed by atoms with Crippen LogP contribution in [0.2, 0.25) is 0 Å². The van der Waals surface area contributed by atoms with Crippen LogP contribution in [0.3, 0.4) is 0 Å². The molecule has 0 heterocycles. The summed E-state index contributed by atoms with van der Waals surface area (Å²) in [4.78, 5) is 12.8. The van der Waals surface area contributed by atoms with E-state index in [4.69, 9.17) is 10.5 Å². The summed E-state index contributed by atoms with van der Waals surface area (Å²) in [7, 11) is 0. The molecule has 0 aliphatic heterocycles. The Kier molecular flexibility index (Phi) is 6.05. The fraction of sp³-hybridized carbons (Fsp3) is 0.500. The largest absolute Gasteiger partial charge is 0.462 e. The second kappa shape index (κ2) is 7.31. The van der Waals surface area contributed by atoms with Crippen molar-refractivity contribution in [1.82, 2.24) is 0 Å². The standard InChI is InChI=1S/C14H21NO2S/c1-4-10(3)9-18-11-6-7-13(15)12(8-11)14(16)17-5-2/h6-8,10H,4-5,9,15H2,1-3H3. The maximum atomic E-state index is 11.7. The third-order valence-corrected chi connectivity index (χ3v) is 4.07. The topological polar surface area (TPSA) is 52.3 Å². The van der Waals surface area contributed by atoms with Gasteiger partial charge in [-0.2, -0.15) is 0 Å². The highest BCUT2D eigenvalue weighted by Crippen LogP contribution is 2.25. The Hall–Kier alpha value is -1.16. The molecule has 1 rings (SSSR count). The van der Waals surface area contributed by atoms with Crippen LogP contribution in [0.1, 0.15) is 37.6 Å². The molecule has 0 saturated heterocycles. The van der Waals surface area contributed by atoms with E-state index in [-0.39, 0.29) is 5.97 Å². The predicted octanol–water partition coefficient (Wildman–Crippen LogP) is 3.58. The fourth-order valence-corrected chi connectivity index (χ4v) is 2.45. The highest BCUT2D eigenvalue weighted by Gasteiger charge is 2.12. The summed E-state index contributed by atoms with van der Waals surface area (Å²) >= 11 is 1.75. The summed E-state index contributed by atoms with van der Waals surface area (Å²) in [6, 6.07) is 5.54. The predicted molar refractivity (Wildman–Crippen MR) is 77.0 cm³/mol. The third kappa shape index (κ3) is 4.26. The molecular formula is C14H21NO2S. The van der Waals surface area contributed by atoms with E-state index in [0.717, 1.165) is 17.1 Å². The number of carbonyl (C=O) groups is 1. The van der Waals surface area contributed by atoms with E-state index >= 15 is 0 Å². The Bertz CT molecular complexity index is 407. The van der Waals surface area contributed by atoms with Gasteiger partial charge < -0.3 is 10.5 Å². The molecule has 1 atom stereocenters. The molecule has 100 valence electrons. The van der Waals surface area contributed by atoms with Gasteiger partial charge in [-0.15, -0.1) is 11.8 Å². The second-order valence-electron chi connectivity index (χ2n) is 4.29. The number of hydrogen-bond donors (Lipinski definition) is 1. The number of rotatable bonds is 6. The number of ether oxygens (including phenoxy) is 1. The van der Waals surface area contributed by atoms with Crippen LogP contribution in [0.25, 0.3) is 0 Å². The van der Waals surface area contributed by atoms with Crippen LogP contribution < -0.4 is 5.73 Å². The molecular weight excluding hydrogens is 246 g/mol. The van der Waals surface area contributed by atoms with Crippen molar-refractivity contribution in [2.75, 3.05) is 18.1 Å². The lowest BCUT2D eigenvalue weighted by Crippen LogP contribution is -2.08. The average Bonchev–Trinajstić information content (AvgIpc) is 2.37. The SMILES string of the molecule is CCOC(=O)c1cc(SCC(C)CC)ccc1N. The Balaban J connectivity index is 2.77. The number of carbonyl (C=O) groups excluding carboxylic acids is 1. The van der Waals surface area contributed by atoms with E-state index in [1.54, 1.807) is 24.8 Å². The van der Waals surface area contributed by atoms with Crippen molar-refractivity contribution in [2.24, 2.45) is 5.92 Å². The molecule has 0 aliphatic carbocycles. The number of anilines is 1. The van der Waals surface area contributed by atoms with Gasteiger partial charge in [0.1, 0.15) is 0 Å². The first-order valence-electron chi connectivity index (χ1n) is 6.27. The molecule has 1 aromatic rings. The number of thioether (sulfide) groups is 1. The number of benzene rings is 1. The van der Waals surface area contributed by atoms with Crippen LogP contribution in [0.15, 0.2) is 23.1 Å². The van der Waals surface area contributed by atoms with E-state index in [9.17, 15) is 4.79 Å². The summed E-state index contributed by atoms with van der Waals surface area (Å²) in [6.45, 7) is 6.55. The first-order chi connectivity index (χ1) is 8.58. The van der Waals surface area contributed by atoms with Crippen LogP contribution in [0.5, 0.6) is 0 Å².